The molecule has 0 fully saturated rings. The van der Waals surface area contributed by atoms with Crippen molar-refractivity contribution in [3.05, 3.63) is 23.8 Å². The van der Waals surface area contributed by atoms with Crippen molar-refractivity contribution in [2.24, 2.45) is 0 Å². The van der Waals surface area contributed by atoms with E-state index in [0.29, 0.717) is 0 Å². The second-order valence-corrected chi connectivity index (χ2v) is 4.56. The molecule has 3 nitrogen and oxygen atoms in total. The van der Waals surface area contributed by atoms with E-state index in [1.807, 2.05) is 25.2 Å². The zero-order valence-corrected chi connectivity index (χ0v) is 9.67. The number of hydrogen-bond acceptors (Lipinski definition) is 4. The Morgan fingerprint density at radius 3 is 3.00 bits per heavy atom. The SMILES string of the molecule is CNC1CSc2c(OC)cccc2C1O. The summed E-state index contributed by atoms with van der Waals surface area (Å²) in [7, 11) is 3.53. The first-order chi connectivity index (χ1) is 7.27. The van der Waals surface area contributed by atoms with Crippen LogP contribution < -0.4 is 10.1 Å². The third-order valence-corrected chi connectivity index (χ3v) is 3.96. The van der Waals surface area contributed by atoms with Gasteiger partial charge in [-0.3, -0.25) is 0 Å². The minimum atomic E-state index is -0.443. The lowest BCUT2D eigenvalue weighted by molar-refractivity contribution is 0.136. The highest BCUT2D eigenvalue weighted by Crippen LogP contribution is 2.41. The first-order valence-corrected chi connectivity index (χ1v) is 5.91. The molecule has 2 N–H and O–H groups in total. The van der Waals surface area contributed by atoms with Crippen molar-refractivity contribution in [1.82, 2.24) is 5.32 Å². The van der Waals surface area contributed by atoms with Crippen LogP contribution in [0.25, 0.3) is 0 Å². The maximum Gasteiger partial charge on any atom is 0.132 e. The summed E-state index contributed by atoms with van der Waals surface area (Å²) in [6.45, 7) is 0. The molecule has 0 amide bonds. The first kappa shape index (κ1) is 10.8. The molecule has 15 heavy (non-hydrogen) atoms. The topological polar surface area (TPSA) is 41.5 Å². The third kappa shape index (κ3) is 1.85. The van der Waals surface area contributed by atoms with Gasteiger partial charge in [0.15, 0.2) is 0 Å². The van der Waals surface area contributed by atoms with Crippen molar-refractivity contribution in [2.45, 2.75) is 17.0 Å². The first-order valence-electron chi connectivity index (χ1n) is 4.93. The smallest absolute Gasteiger partial charge is 0.132 e. The highest BCUT2D eigenvalue weighted by Gasteiger charge is 2.28. The van der Waals surface area contributed by atoms with Gasteiger partial charge in [-0.25, -0.2) is 0 Å². The van der Waals surface area contributed by atoms with Crippen molar-refractivity contribution in [2.75, 3.05) is 19.9 Å². The van der Waals surface area contributed by atoms with E-state index >= 15 is 0 Å². The summed E-state index contributed by atoms with van der Waals surface area (Å²) in [5.74, 6) is 1.72. The van der Waals surface area contributed by atoms with Crippen molar-refractivity contribution in [3.63, 3.8) is 0 Å². The van der Waals surface area contributed by atoms with Gasteiger partial charge in [0.2, 0.25) is 0 Å². The molecule has 1 aliphatic heterocycles. The van der Waals surface area contributed by atoms with Crippen molar-refractivity contribution >= 4 is 11.8 Å². The van der Waals surface area contributed by atoms with Gasteiger partial charge in [-0.2, -0.15) is 0 Å². The maximum absolute atomic E-state index is 10.1. The molecule has 1 aliphatic rings. The zero-order valence-electron chi connectivity index (χ0n) is 8.86. The summed E-state index contributed by atoms with van der Waals surface area (Å²) in [6.07, 6.45) is -0.443. The summed E-state index contributed by atoms with van der Waals surface area (Å²) < 4.78 is 5.28. The normalized spacial score (nSPS) is 24.7. The second kappa shape index (κ2) is 4.43. The molecule has 0 aliphatic carbocycles. The van der Waals surface area contributed by atoms with Gasteiger partial charge in [0.1, 0.15) is 5.75 Å². The van der Waals surface area contributed by atoms with Crippen LogP contribution in [0.1, 0.15) is 11.7 Å². The van der Waals surface area contributed by atoms with Gasteiger partial charge >= 0.3 is 0 Å². The molecule has 0 saturated heterocycles. The number of benzene rings is 1. The minimum Gasteiger partial charge on any atom is -0.496 e. The number of ether oxygens (including phenoxy) is 1. The van der Waals surface area contributed by atoms with E-state index in [4.69, 9.17) is 4.74 Å². The van der Waals surface area contributed by atoms with Crippen LogP contribution in [-0.4, -0.2) is 31.1 Å². The number of thioether (sulfide) groups is 1. The van der Waals surface area contributed by atoms with Crippen LogP contribution in [0.5, 0.6) is 5.75 Å². The lowest BCUT2D eigenvalue weighted by atomic mass is 10.0. The predicted octanol–water partition coefficient (Wildman–Crippen LogP) is 1.42. The Morgan fingerprint density at radius 2 is 2.33 bits per heavy atom. The molecule has 82 valence electrons. The van der Waals surface area contributed by atoms with Gasteiger partial charge in [-0.1, -0.05) is 12.1 Å². The van der Waals surface area contributed by atoms with E-state index < -0.39 is 6.10 Å². The average Bonchev–Trinajstić information content (AvgIpc) is 2.29. The van der Waals surface area contributed by atoms with Gasteiger partial charge in [-0.15, -0.1) is 11.8 Å². The number of aliphatic hydroxyl groups is 1. The van der Waals surface area contributed by atoms with E-state index in [-0.39, 0.29) is 6.04 Å². The molecule has 0 bridgehead atoms. The molecule has 0 radical (unpaired) electrons. The molecule has 2 atom stereocenters. The quantitative estimate of drug-likeness (QED) is 0.799. The van der Waals surface area contributed by atoms with E-state index in [9.17, 15) is 5.11 Å². The number of fused-ring (bicyclic) bond motifs is 1. The van der Waals surface area contributed by atoms with Gasteiger partial charge in [0, 0.05) is 11.8 Å². The molecule has 1 aromatic rings. The Morgan fingerprint density at radius 1 is 1.53 bits per heavy atom. The lowest BCUT2D eigenvalue weighted by Gasteiger charge is -2.30. The summed E-state index contributed by atoms with van der Waals surface area (Å²) >= 11 is 1.73. The molecular weight excluding hydrogens is 210 g/mol. The van der Waals surface area contributed by atoms with Crippen LogP contribution in [0.4, 0.5) is 0 Å². The van der Waals surface area contributed by atoms with Crippen LogP contribution >= 0.6 is 11.8 Å². The van der Waals surface area contributed by atoms with Crippen LogP contribution in [-0.2, 0) is 0 Å². The van der Waals surface area contributed by atoms with E-state index in [0.717, 1.165) is 22.0 Å². The van der Waals surface area contributed by atoms with E-state index in [2.05, 4.69) is 5.32 Å². The van der Waals surface area contributed by atoms with Crippen molar-refractivity contribution in [3.8, 4) is 5.75 Å². The second-order valence-electron chi connectivity index (χ2n) is 3.53. The summed E-state index contributed by atoms with van der Waals surface area (Å²) in [5.41, 5.74) is 0.963. The summed E-state index contributed by atoms with van der Waals surface area (Å²) in [6, 6.07) is 5.92. The highest BCUT2D eigenvalue weighted by atomic mass is 32.2. The molecule has 0 spiro atoms. The van der Waals surface area contributed by atoms with Crippen LogP contribution in [0.2, 0.25) is 0 Å². The summed E-state index contributed by atoms with van der Waals surface area (Å²) in [5, 5.41) is 13.2. The Hall–Kier alpha value is -0.710. The molecule has 0 aromatic heterocycles. The number of nitrogens with one attached hydrogen (secondary N) is 1. The summed E-state index contributed by atoms with van der Waals surface area (Å²) in [4.78, 5) is 1.07. The Balaban J connectivity index is 2.40. The molecule has 0 saturated carbocycles. The number of rotatable bonds is 2. The van der Waals surface area contributed by atoms with Crippen LogP contribution in [0, 0.1) is 0 Å². The minimum absolute atomic E-state index is 0.120. The van der Waals surface area contributed by atoms with Crippen LogP contribution in [0.3, 0.4) is 0 Å². The molecule has 2 rings (SSSR count). The fraction of sp³-hybridized carbons (Fsp3) is 0.455. The van der Waals surface area contributed by atoms with Crippen molar-refractivity contribution < 1.29 is 9.84 Å². The monoisotopic (exact) mass is 225 g/mol. The fourth-order valence-corrected chi connectivity index (χ4v) is 3.15. The number of hydrogen-bond donors (Lipinski definition) is 2. The van der Waals surface area contributed by atoms with E-state index in [1.54, 1.807) is 18.9 Å². The molecule has 2 unspecified atom stereocenters. The molecular formula is C11H15NO2S. The third-order valence-electron chi connectivity index (χ3n) is 2.71. The highest BCUT2D eigenvalue weighted by molar-refractivity contribution is 7.99. The fourth-order valence-electron chi connectivity index (χ4n) is 1.80. The van der Waals surface area contributed by atoms with E-state index in [1.165, 1.54) is 0 Å². The molecule has 1 aromatic carbocycles. The predicted molar refractivity (Wildman–Crippen MR) is 61.5 cm³/mol. The lowest BCUT2D eigenvalue weighted by Crippen LogP contribution is -2.36. The van der Waals surface area contributed by atoms with Gasteiger partial charge in [0.25, 0.3) is 0 Å². The Kier molecular flexibility index (Phi) is 3.19. The largest absolute Gasteiger partial charge is 0.496 e. The number of aliphatic hydroxyl groups excluding tert-OH is 1. The Labute approximate surface area is 93.8 Å². The number of likely N-dealkylation sites (N-methyl/N-ethyl adjacent to an activating group) is 1. The molecule has 4 heteroatoms. The standard InChI is InChI=1S/C11H15NO2S/c1-12-8-6-15-11-7(10(8)13)4-3-5-9(11)14-2/h3-5,8,10,12-13H,6H2,1-2H3. The average molecular weight is 225 g/mol. The molecule has 1 heterocycles. The van der Waals surface area contributed by atoms with Gasteiger partial charge in [-0.05, 0) is 18.7 Å². The van der Waals surface area contributed by atoms with Crippen molar-refractivity contribution in [1.29, 1.82) is 0 Å². The van der Waals surface area contributed by atoms with Gasteiger partial charge in [0.05, 0.1) is 18.1 Å². The number of methoxy groups -OCH3 is 1. The van der Waals surface area contributed by atoms with Gasteiger partial charge < -0.3 is 15.2 Å². The Bertz CT molecular complexity index is 356. The maximum atomic E-state index is 10.1. The van der Waals surface area contributed by atoms with Crippen LogP contribution in [0.15, 0.2) is 23.1 Å². The zero-order chi connectivity index (χ0) is 10.8.